The Morgan fingerprint density at radius 1 is 1.45 bits per heavy atom. The van der Waals surface area contributed by atoms with Gasteiger partial charge in [0.25, 0.3) is 0 Å². The maximum atomic E-state index is 13.7. The van der Waals surface area contributed by atoms with E-state index in [-0.39, 0.29) is 27.4 Å². The predicted molar refractivity (Wildman–Crippen MR) is 83.8 cm³/mol. The number of alkyl halides is 1. The molecule has 8 heteroatoms. The number of hydrogen-bond donors (Lipinski definition) is 0. The standard InChI is InChI=1S/C12H16Cl2FNO2S2/c1-8(7-19-3)16(2)20(17,18)10-4-9(6-13)12(14)11(15)5-10/h4-5,8H,6-7H2,1-3H3. The molecule has 0 bridgehead atoms. The van der Waals surface area contributed by atoms with Crippen molar-refractivity contribution in [3.8, 4) is 0 Å². The van der Waals surface area contributed by atoms with Crippen molar-refractivity contribution in [2.24, 2.45) is 0 Å². The zero-order valence-corrected chi connectivity index (χ0v) is 14.5. The van der Waals surface area contributed by atoms with Gasteiger partial charge in [-0.3, -0.25) is 0 Å². The zero-order valence-electron chi connectivity index (χ0n) is 11.4. The summed E-state index contributed by atoms with van der Waals surface area (Å²) >= 11 is 12.9. The molecule has 3 nitrogen and oxygen atoms in total. The van der Waals surface area contributed by atoms with Gasteiger partial charge in [-0.2, -0.15) is 16.1 Å². The lowest BCUT2D eigenvalue weighted by molar-refractivity contribution is 0.414. The molecule has 1 unspecified atom stereocenters. The Bertz CT molecular complexity index is 581. The molecule has 20 heavy (non-hydrogen) atoms. The van der Waals surface area contributed by atoms with Crippen LogP contribution in [0.1, 0.15) is 12.5 Å². The Hall–Kier alpha value is -0.0100. The molecule has 1 aromatic rings. The molecular weight excluding hydrogens is 344 g/mol. The number of hydrogen-bond acceptors (Lipinski definition) is 3. The van der Waals surface area contributed by atoms with Gasteiger partial charge in [-0.1, -0.05) is 11.6 Å². The number of sulfonamides is 1. The first kappa shape index (κ1) is 18.0. The Kier molecular flexibility index (Phi) is 6.60. The number of nitrogens with zero attached hydrogens (tertiary/aromatic N) is 1. The van der Waals surface area contributed by atoms with Crippen molar-refractivity contribution in [1.29, 1.82) is 0 Å². The van der Waals surface area contributed by atoms with Crippen LogP contribution < -0.4 is 0 Å². The summed E-state index contributed by atoms with van der Waals surface area (Å²) in [7, 11) is -2.29. The molecular formula is C12H16Cl2FNO2S2. The fourth-order valence-corrected chi connectivity index (χ4v) is 4.29. The molecule has 1 atom stereocenters. The number of rotatable bonds is 6. The van der Waals surface area contributed by atoms with Gasteiger partial charge in [0.15, 0.2) is 0 Å². The lowest BCUT2D eigenvalue weighted by Crippen LogP contribution is -2.36. The Labute approximate surface area is 133 Å². The van der Waals surface area contributed by atoms with Crippen molar-refractivity contribution in [2.75, 3.05) is 19.1 Å². The highest BCUT2D eigenvalue weighted by atomic mass is 35.5. The van der Waals surface area contributed by atoms with Crippen LogP contribution in [0.4, 0.5) is 4.39 Å². The second kappa shape index (κ2) is 7.31. The van der Waals surface area contributed by atoms with Crippen LogP contribution >= 0.6 is 35.0 Å². The van der Waals surface area contributed by atoms with Gasteiger partial charge in [0, 0.05) is 24.7 Å². The molecule has 0 saturated heterocycles. The Balaban J connectivity index is 3.25. The fraction of sp³-hybridized carbons (Fsp3) is 0.500. The molecule has 0 aliphatic heterocycles. The van der Waals surface area contributed by atoms with Crippen molar-refractivity contribution in [3.05, 3.63) is 28.5 Å². The summed E-state index contributed by atoms with van der Waals surface area (Å²) in [5.41, 5.74) is 0.262. The summed E-state index contributed by atoms with van der Waals surface area (Å²) in [5.74, 6) is -0.188. The van der Waals surface area contributed by atoms with E-state index in [1.807, 2.05) is 6.26 Å². The minimum atomic E-state index is -3.77. The summed E-state index contributed by atoms with van der Waals surface area (Å²) in [5, 5.41) is -0.140. The Morgan fingerprint density at radius 3 is 2.55 bits per heavy atom. The average Bonchev–Trinajstić information content (AvgIpc) is 2.40. The van der Waals surface area contributed by atoms with E-state index < -0.39 is 15.8 Å². The molecule has 0 aliphatic carbocycles. The molecule has 0 saturated carbocycles. The summed E-state index contributed by atoms with van der Waals surface area (Å²) in [6.07, 6.45) is 1.89. The lowest BCUT2D eigenvalue weighted by Gasteiger charge is -2.24. The van der Waals surface area contributed by atoms with Crippen LogP contribution in [0.3, 0.4) is 0 Å². The van der Waals surface area contributed by atoms with Crippen LogP contribution in [0.5, 0.6) is 0 Å². The number of benzene rings is 1. The molecule has 0 aromatic heterocycles. The monoisotopic (exact) mass is 359 g/mol. The van der Waals surface area contributed by atoms with Crippen molar-refractivity contribution < 1.29 is 12.8 Å². The molecule has 0 N–H and O–H groups in total. The molecule has 1 rings (SSSR count). The highest BCUT2D eigenvalue weighted by Crippen LogP contribution is 2.27. The first-order chi connectivity index (χ1) is 9.25. The molecule has 114 valence electrons. The summed E-state index contributed by atoms with van der Waals surface area (Å²) in [4.78, 5) is -0.134. The van der Waals surface area contributed by atoms with E-state index in [0.29, 0.717) is 5.75 Å². The third-order valence-electron chi connectivity index (χ3n) is 2.93. The van der Waals surface area contributed by atoms with Crippen molar-refractivity contribution in [2.45, 2.75) is 23.7 Å². The van der Waals surface area contributed by atoms with Crippen LogP contribution in [0.2, 0.25) is 5.02 Å². The minimum absolute atomic E-state index is 0.0524. The highest BCUT2D eigenvalue weighted by molar-refractivity contribution is 7.98. The van der Waals surface area contributed by atoms with E-state index in [4.69, 9.17) is 23.2 Å². The van der Waals surface area contributed by atoms with E-state index in [1.54, 1.807) is 18.7 Å². The summed E-state index contributed by atoms with van der Waals surface area (Å²) < 4.78 is 39.8. The van der Waals surface area contributed by atoms with Crippen LogP contribution in [0, 0.1) is 5.82 Å². The zero-order chi connectivity index (χ0) is 15.5. The molecule has 0 heterocycles. The number of thioether (sulfide) groups is 1. The topological polar surface area (TPSA) is 37.4 Å². The first-order valence-electron chi connectivity index (χ1n) is 5.76. The molecule has 0 amide bonds. The van der Waals surface area contributed by atoms with E-state index >= 15 is 0 Å². The summed E-state index contributed by atoms with van der Waals surface area (Å²) in [6.45, 7) is 1.79. The molecule has 1 aromatic carbocycles. The predicted octanol–water partition coefficient (Wildman–Crippen LogP) is 3.59. The quantitative estimate of drug-likeness (QED) is 0.728. The SMILES string of the molecule is CSCC(C)N(C)S(=O)(=O)c1cc(F)c(Cl)c(CCl)c1. The first-order valence-corrected chi connectivity index (χ1v) is 9.51. The van der Waals surface area contributed by atoms with Gasteiger partial charge < -0.3 is 0 Å². The van der Waals surface area contributed by atoms with Gasteiger partial charge >= 0.3 is 0 Å². The van der Waals surface area contributed by atoms with Gasteiger partial charge in [0.05, 0.1) is 9.92 Å². The van der Waals surface area contributed by atoms with Crippen molar-refractivity contribution in [1.82, 2.24) is 4.31 Å². The van der Waals surface area contributed by atoms with E-state index in [0.717, 1.165) is 6.07 Å². The summed E-state index contributed by atoms with van der Waals surface area (Å²) in [6, 6.07) is 2.04. The Morgan fingerprint density at radius 2 is 2.05 bits per heavy atom. The smallest absolute Gasteiger partial charge is 0.207 e. The third-order valence-corrected chi connectivity index (χ3v) is 6.40. The van der Waals surface area contributed by atoms with Crippen LogP contribution in [0.15, 0.2) is 17.0 Å². The lowest BCUT2D eigenvalue weighted by atomic mass is 10.2. The van der Waals surface area contributed by atoms with Gasteiger partial charge in [0.2, 0.25) is 10.0 Å². The molecule has 0 fully saturated rings. The maximum absolute atomic E-state index is 13.7. The maximum Gasteiger partial charge on any atom is 0.243 e. The molecule has 0 aliphatic rings. The van der Waals surface area contributed by atoms with Crippen molar-refractivity contribution in [3.63, 3.8) is 0 Å². The molecule has 0 radical (unpaired) electrons. The van der Waals surface area contributed by atoms with Crippen LogP contribution in [0.25, 0.3) is 0 Å². The van der Waals surface area contributed by atoms with E-state index in [1.165, 1.54) is 17.4 Å². The van der Waals surface area contributed by atoms with Gasteiger partial charge in [-0.25, -0.2) is 12.8 Å². The highest BCUT2D eigenvalue weighted by Gasteiger charge is 2.26. The second-order valence-electron chi connectivity index (χ2n) is 4.34. The van der Waals surface area contributed by atoms with Crippen LogP contribution in [-0.4, -0.2) is 37.8 Å². The second-order valence-corrected chi connectivity index (χ2v) is 7.89. The minimum Gasteiger partial charge on any atom is -0.207 e. The average molecular weight is 360 g/mol. The van der Waals surface area contributed by atoms with E-state index in [9.17, 15) is 12.8 Å². The third kappa shape index (κ3) is 3.80. The van der Waals surface area contributed by atoms with Crippen molar-refractivity contribution >= 4 is 45.0 Å². The largest absolute Gasteiger partial charge is 0.243 e. The van der Waals surface area contributed by atoms with Crippen LogP contribution in [-0.2, 0) is 15.9 Å². The fourth-order valence-electron chi connectivity index (χ4n) is 1.61. The number of halogens is 3. The van der Waals surface area contributed by atoms with Gasteiger partial charge in [0.1, 0.15) is 5.82 Å². The van der Waals surface area contributed by atoms with Gasteiger partial charge in [-0.15, -0.1) is 11.6 Å². The molecule has 0 spiro atoms. The normalized spacial score (nSPS) is 13.8. The van der Waals surface area contributed by atoms with E-state index in [2.05, 4.69) is 0 Å². The van der Waals surface area contributed by atoms with Gasteiger partial charge in [-0.05, 0) is 30.9 Å².